The van der Waals surface area contributed by atoms with Gasteiger partial charge >= 0.3 is 0 Å². The highest BCUT2D eigenvalue weighted by molar-refractivity contribution is 7.89. The fraction of sp³-hybridized carbons (Fsp3) is 0.632. The van der Waals surface area contributed by atoms with Crippen LogP contribution in [0, 0.1) is 5.82 Å². The van der Waals surface area contributed by atoms with Gasteiger partial charge in [0.1, 0.15) is 5.82 Å². The van der Waals surface area contributed by atoms with Gasteiger partial charge in [0, 0.05) is 13.1 Å². The quantitative estimate of drug-likeness (QED) is 0.734. The summed E-state index contributed by atoms with van der Waals surface area (Å²) in [5.41, 5.74) is 0. The van der Waals surface area contributed by atoms with E-state index in [4.69, 9.17) is 4.74 Å². The zero-order chi connectivity index (χ0) is 20.1. The van der Waals surface area contributed by atoms with E-state index in [2.05, 4.69) is 4.72 Å². The van der Waals surface area contributed by atoms with Crippen LogP contribution < -0.4 is 4.72 Å². The summed E-state index contributed by atoms with van der Waals surface area (Å²) in [7, 11) is -3.94. The minimum atomic E-state index is -3.94. The Morgan fingerprint density at radius 3 is 2.68 bits per heavy atom. The number of amides is 1. The standard InChI is InChI=1S/C19H27FN2O5S/c20-14-5-4-6-16(11-14)28(25,26)21-17-8-7-15(27-18(17)13-23)12-19(24)22-9-2-1-3-10-22/h4-6,11,15,17-18,21,23H,1-3,7-10,12-13H2/t15-,17-,18+/m1/s1. The molecule has 0 radical (unpaired) electrons. The highest BCUT2D eigenvalue weighted by Crippen LogP contribution is 2.25. The molecule has 0 saturated carbocycles. The van der Waals surface area contributed by atoms with Gasteiger partial charge in [0.05, 0.1) is 36.2 Å². The lowest BCUT2D eigenvalue weighted by Crippen LogP contribution is -2.51. The van der Waals surface area contributed by atoms with Crippen LogP contribution in [-0.4, -0.2) is 62.3 Å². The van der Waals surface area contributed by atoms with Gasteiger partial charge in [-0.2, -0.15) is 0 Å². The van der Waals surface area contributed by atoms with E-state index < -0.39 is 28.0 Å². The van der Waals surface area contributed by atoms with Crippen LogP contribution in [-0.2, 0) is 19.6 Å². The Bertz CT molecular complexity index is 782. The van der Waals surface area contributed by atoms with Gasteiger partial charge in [-0.15, -0.1) is 0 Å². The maximum atomic E-state index is 13.4. The topological polar surface area (TPSA) is 95.9 Å². The van der Waals surface area contributed by atoms with Crippen molar-refractivity contribution in [2.45, 2.75) is 61.7 Å². The number of hydrogen-bond acceptors (Lipinski definition) is 5. The number of sulfonamides is 1. The van der Waals surface area contributed by atoms with Crippen molar-refractivity contribution in [2.24, 2.45) is 0 Å². The minimum Gasteiger partial charge on any atom is -0.394 e. The molecule has 2 N–H and O–H groups in total. The van der Waals surface area contributed by atoms with Crippen molar-refractivity contribution in [3.63, 3.8) is 0 Å². The van der Waals surface area contributed by atoms with E-state index in [1.165, 1.54) is 18.2 Å². The number of piperidine rings is 1. The van der Waals surface area contributed by atoms with Crippen molar-refractivity contribution in [3.05, 3.63) is 30.1 Å². The van der Waals surface area contributed by atoms with Gasteiger partial charge in [-0.3, -0.25) is 4.79 Å². The molecule has 156 valence electrons. The van der Waals surface area contributed by atoms with Gasteiger partial charge < -0.3 is 14.7 Å². The number of aliphatic hydroxyl groups is 1. The molecule has 2 fully saturated rings. The largest absolute Gasteiger partial charge is 0.394 e. The summed E-state index contributed by atoms with van der Waals surface area (Å²) in [6, 6.07) is 4.11. The first-order chi connectivity index (χ1) is 13.4. The molecule has 1 aromatic rings. The third-order valence-corrected chi connectivity index (χ3v) is 6.81. The minimum absolute atomic E-state index is 0.0418. The Morgan fingerprint density at radius 2 is 2.00 bits per heavy atom. The molecule has 0 unspecified atom stereocenters. The third-order valence-electron chi connectivity index (χ3n) is 5.32. The first-order valence-electron chi connectivity index (χ1n) is 9.71. The van der Waals surface area contributed by atoms with E-state index in [0.29, 0.717) is 12.8 Å². The Balaban J connectivity index is 1.59. The van der Waals surface area contributed by atoms with Crippen molar-refractivity contribution < 1.29 is 27.4 Å². The lowest BCUT2D eigenvalue weighted by Gasteiger charge is -2.36. The number of likely N-dealkylation sites (tertiary alicyclic amines) is 1. The van der Waals surface area contributed by atoms with E-state index in [9.17, 15) is 22.7 Å². The molecule has 2 heterocycles. The molecule has 2 aliphatic heterocycles. The monoisotopic (exact) mass is 414 g/mol. The number of nitrogens with one attached hydrogen (secondary N) is 1. The molecule has 3 rings (SSSR count). The lowest BCUT2D eigenvalue weighted by atomic mass is 9.97. The van der Waals surface area contributed by atoms with E-state index in [0.717, 1.165) is 38.4 Å². The van der Waals surface area contributed by atoms with Crippen LogP contribution in [0.15, 0.2) is 29.2 Å². The Labute approximate surface area is 164 Å². The van der Waals surface area contributed by atoms with Crippen LogP contribution >= 0.6 is 0 Å². The van der Waals surface area contributed by atoms with Crippen LogP contribution in [0.4, 0.5) is 4.39 Å². The predicted molar refractivity (Wildman–Crippen MR) is 101 cm³/mol. The fourth-order valence-corrected chi connectivity index (χ4v) is 5.12. The Hall–Kier alpha value is -1.55. The first-order valence-corrected chi connectivity index (χ1v) is 11.2. The molecule has 2 aliphatic rings. The van der Waals surface area contributed by atoms with Crippen LogP contribution in [0.25, 0.3) is 0 Å². The molecule has 9 heteroatoms. The fourth-order valence-electron chi connectivity index (χ4n) is 3.79. The van der Waals surface area contributed by atoms with Crippen LogP contribution in [0.3, 0.4) is 0 Å². The molecular weight excluding hydrogens is 387 g/mol. The van der Waals surface area contributed by atoms with E-state index in [-0.39, 0.29) is 29.9 Å². The number of halogens is 1. The van der Waals surface area contributed by atoms with Crippen LogP contribution in [0.2, 0.25) is 0 Å². The van der Waals surface area contributed by atoms with E-state index >= 15 is 0 Å². The normalized spacial score (nSPS) is 26.2. The lowest BCUT2D eigenvalue weighted by molar-refractivity contribution is -0.140. The summed E-state index contributed by atoms with van der Waals surface area (Å²) in [5, 5.41) is 9.66. The maximum absolute atomic E-state index is 13.4. The molecule has 3 atom stereocenters. The van der Waals surface area contributed by atoms with Gasteiger partial charge in [-0.25, -0.2) is 17.5 Å². The second-order valence-electron chi connectivity index (χ2n) is 7.39. The highest BCUT2D eigenvalue weighted by Gasteiger charge is 2.35. The number of benzene rings is 1. The molecule has 2 saturated heterocycles. The molecule has 0 bridgehead atoms. The van der Waals surface area contributed by atoms with E-state index in [1.807, 2.05) is 4.90 Å². The Kier molecular flexibility index (Phi) is 7.03. The number of carbonyl (C=O) groups is 1. The molecule has 0 aliphatic carbocycles. The van der Waals surface area contributed by atoms with E-state index in [1.54, 1.807) is 0 Å². The van der Waals surface area contributed by atoms with Gasteiger partial charge in [0.25, 0.3) is 0 Å². The molecule has 1 aromatic carbocycles. The number of carbonyl (C=O) groups excluding carboxylic acids is 1. The van der Waals surface area contributed by atoms with Gasteiger partial charge in [-0.05, 0) is 50.3 Å². The summed E-state index contributed by atoms with van der Waals surface area (Å²) >= 11 is 0. The zero-order valence-corrected chi connectivity index (χ0v) is 16.5. The molecule has 0 spiro atoms. The number of rotatable bonds is 6. The number of ether oxygens (including phenoxy) is 1. The molecule has 1 amide bonds. The number of hydrogen-bond donors (Lipinski definition) is 2. The van der Waals surface area contributed by atoms with Crippen molar-refractivity contribution in [3.8, 4) is 0 Å². The van der Waals surface area contributed by atoms with Crippen molar-refractivity contribution in [1.29, 1.82) is 0 Å². The SMILES string of the molecule is O=C(C[C@H]1CC[C@@H](NS(=O)(=O)c2cccc(F)c2)[C@H](CO)O1)N1CCCCC1. The van der Waals surface area contributed by atoms with Crippen molar-refractivity contribution in [2.75, 3.05) is 19.7 Å². The second-order valence-corrected chi connectivity index (χ2v) is 9.10. The van der Waals surface area contributed by atoms with Gasteiger partial charge in [0.2, 0.25) is 15.9 Å². The summed E-state index contributed by atoms with van der Waals surface area (Å²) in [4.78, 5) is 14.1. The molecule has 7 nitrogen and oxygen atoms in total. The smallest absolute Gasteiger partial charge is 0.241 e. The van der Waals surface area contributed by atoms with Crippen molar-refractivity contribution in [1.82, 2.24) is 9.62 Å². The Morgan fingerprint density at radius 1 is 1.25 bits per heavy atom. The molecular formula is C19H27FN2O5S. The maximum Gasteiger partial charge on any atom is 0.241 e. The predicted octanol–water partition coefficient (Wildman–Crippen LogP) is 1.42. The number of aliphatic hydroxyl groups excluding tert-OH is 1. The third kappa shape index (κ3) is 5.28. The van der Waals surface area contributed by atoms with Crippen LogP contribution in [0.1, 0.15) is 38.5 Å². The van der Waals surface area contributed by atoms with Crippen molar-refractivity contribution >= 4 is 15.9 Å². The van der Waals surface area contributed by atoms with Gasteiger partial charge in [0.15, 0.2) is 0 Å². The zero-order valence-electron chi connectivity index (χ0n) is 15.7. The number of nitrogens with zero attached hydrogens (tertiary/aromatic N) is 1. The highest BCUT2D eigenvalue weighted by atomic mass is 32.2. The van der Waals surface area contributed by atoms with Gasteiger partial charge in [-0.1, -0.05) is 6.07 Å². The summed E-state index contributed by atoms with van der Waals surface area (Å²) in [5.74, 6) is -0.599. The summed E-state index contributed by atoms with van der Waals surface area (Å²) < 4.78 is 46.7. The first kappa shape index (κ1) is 21.2. The second kappa shape index (κ2) is 9.30. The average molecular weight is 414 g/mol. The molecule has 0 aromatic heterocycles. The summed E-state index contributed by atoms with van der Waals surface area (Å²) in [6.07, 6.45) is 3.24. The molecule has 28 heavy (non-hydrogen) atoms. The summed E-state index contributed by atoms with van der Waals surface area (Å²) in [6.45, 7) is 1.17. The van der Waals surface area contributed by atoms with Crippen LogP contribution in [0.5, 0.6) is 0 Å². The average Bonchev–Trinajstić information content (AvgIpc) is 2.69.